The SMILES string of the molecule is CSC(C)CCNC(C)c1ccc2c(c1)CCCC2. The zero-order valence-corrected chi connectivity index (χ0v) is 13.4. The molecule has 106 valence electrons. The summed E-state index contributed by atoms with van der Waals surface area (Å²) in [6.07, 6.45) is 8.73. The first-order valence-corrected chi connectivity index (χ1v) is 8.87. The Bertz CT molecular complexity index is 402. The van der Waals surface area contributed by atoms with Crippen molar-refractivity contribution in [3.63, 3.8) is 0 Å². The van der Waals surface area contributed by atoms with Crippen LogP contribution in [0.15, 0.2) is 18.2 Å². The minimum atomic E-state index is 0.473. The van der Waals surface area contributed by atoms with Gasteiger partial charge in [0.2, 0.25) is 0 Å². The molecule has 0 aromatic heterocycles. The van der Waals surface area contributed by atoms with Crippen molar-refractivity contribution in [1.29, 1.82) is 0 Å². The molecule has 0 spiro atoms. The lowest BCUT2D eigenvalue weighted by Gasteiger charge is -2.20. The highest BCUT2D eigenvalue weighted by Crippen LogP contribution is 2.24. The van der Waals surface area contributed by atoms with E-state index in [-0.39, 0.29) is 0 Å². The standard InChI is InChI=1S/C17H27NS/c1-13(19-3)10-11-18-14(2)16-9-8-15-6-4-5-7-17(15)12-16/h8-9,12-14,18H,4-7,10-11H2,1-3H3. The molecule has 0 amide bonds. The molecule has 0 aliphatic heterocycles. The number of nitrogens with one attached hydrogen (secondary N) is 1. The molecule has 2 heteroatoms. The lowest BCUT2D eigenvalue weighted by atomic mass is 9.89. The molecule has 2 rings (SSSR count). The number of benzene rings is 1. The maximum atomic E-state index is 3.66. The first kappa shape index (κ1) is 14.9. The van der Waals surface area contributed by atoms with E-state index >= 15 is 0 Å². The molecule has 2 unspecified atom stereocenters. The van der Waals surface area contributed by atoms with Crippen LogP contribution < -0.4 is 5.32 Å². The summed E-state index contributed by atoms with van der Waals surface area (Å²) in [5.74, 6) is 0. The molecule has 0 bridgehead atoms. The summed E-state index contributed by atoms with van der Waals surface area (Å²) >= 11 is 1.95. The number of aryl methyl sites for hydroxylation is 2. The van der Waals surface area contributed by atoms with Crippen molar-refractivity contribution in [3.05, 3.63) is 34.9 Å². The van der Waals surface area contributed by atoms with E-state index in [0.717, 1.165) is 11.8 Å². The van der Waals surface area contributed by atoms with Crippen molar-refractivity contribution in [3.8, 4) is 0 Å². The third kappa shape index (κ3) is 4.25. The maximum Gasteiger partial charge on any atom is 0.0291 e. The predicted molar refractivity (Wildman–Crippen MR) is 87.1 cm³/mol. The van der Waals surface area contributed by atoms with E-state index in [1.54, 1.807) is 11.1 Å². The van der Waals surface area contributed by atoms with Crippen LogP contribution in [0.2, 0.25) is 0 Å². The summed E-state index contributed by atoms with van der Waals surface area (Å²) in [6.45, 7) is 5.70. The molecule has 1 aromatic carbocycles. The number of thioether (sulfide) groups is 1. The molecule has 0 saturated carbocycles. The summed E-state index contributed by atoms with van der Waals surface area (Å²) in [5.41, 5.74) is 4.63. The molecule has 1 N–H and O–H groups in total. The first-order valence-electron chi connectivity index (χ1n) is 7.58. The molecule has 0 saturated heterocycles. The lowest BCUT2D eigenvalue weighted by molar-refractivity contribution is 0.556. The Hall–Kier alpha value is -0.470. The van der Waals surface area contributed by atoms with Gasteiger partial charge in [0.25, 0.3) is 0 Å². The Labute approximate surface area is 122 Å². The average Bonchev–Trinajstić information content (AvgIpc) is 2.46. The quantitative estimate of drug-likeness (QED) is 0.829. The van der Waals surface area contributed by atoms with Crippen molar-refractivity contribution in [2.24, 2.45) is 0 Å². The second kappa shape index (κ2) is 7.35. The molecule has 1 aliphatic carbocycles. The van der Waals surface area contributed by atoms with Crippen molar-refractivity contribution < 1.29 is 0 Å². The van der Waals surface area contributed by atoms with Crippen molar-refractivity contribution in [1.82, 2.24) is 5.32 Å². The zero-order valence-electron chi connectivity index (χ0n) is 12.5. The second-order valence-electron chi connectivity index (χ2n) is 5.75. The molecule has 0 fully saturated rings. The molecule has 1 aromatic rings. The molecule has 0 heterocycles. The van der Waals surface area contributed by atoms with Gasteiger partial charge in [-0.2, -0.15) is 11.8 Å². The van der Waals surface area contributed by atoms with Gasteiger partial charge in [0.15, 0.2) is 0 Å². The van der Waals surface area contributed by atoms with Crippen LogP contribution in [-0.4, -0.2) is 18.1 Å². The number of rotatable bonds is 6. The Morgan fingerprint density at radius 2 is 1.89 bits per heavy atom. The van der Waals surface area contributed by atoms with E-state index < -0.39 is 0 Å². The van der Waals surface area contributed by atoms with Crippen LogP contribution in [-0.2, 0) is 12.8 Å². The molecule has 1 nitrogen and oxygen atoms in total. The van der Waals surface area contributed by atoms with E-state index in [2.05, 4.69) is 43.6 Å². The first-order chi connectivity index (χ1) is 9.20. The molecule has 1 aliphatic rings. The summed E-state index contributed by atoms with van der Waals surface area (Å²) in [7, 11) is 0. The zero-order chi connectivity index (χ0) is 13.7. The highest BCUT2D eigenvalue weighted by Gasteiger charge is 2.12. The van der Waals surface area contributed by atoms with Crippen LogP contribution in [0.25, 0.3) is 0 Å². The minimum Gasteiger partial charge on any atom is -0.310 e. The van der Waals surface area contributed by atoms with E-state index in [4.69, 9.17) is 0 Å². The lowest BCUT2D eigenvalue weighted by Crippen LogP contribution is -2.22. The highest BCUT2D eigenvalue weighted by molar-refractivity contribution is 7.99. The van der Waals surface area contributed by atoms with Gasteiger partial charge in [-0.3, -0.25) is 0 Å². The smallest absolute Gasteiger partial charge is 0.0291 e. The normalized spacial score (nSPS) is 17.8. The van der Waals surface area contributed by atoms with Crippen LogP contribution in [0.4, 0.5) is 0 Å². The molecule has 0 radical (unpaired) electrons. The number of hydrogen-bond donors (Lipinski definition) is 1. The van der Waals surface area contributed by atoms with Crippen LogP contribution in [0.1, 0.15) is 55.8 Å². The monoisotopic (exact) mass is 277 g/mol. The van der Waals surface area contributed by atoms with E-state index in [1.807, 2.05) is 11.8 Å². The Balaban J connectivity index is 1.90. The fraction of sp³-hybridized carbons (Fsp3) is 0.647. The van der Waals surface area contributed by atoms with E-state index in [1.165, 1.54) is 37.7 Å². The summed E-state index contributed by atoms with van der Waals surface area (Å²) < 4.78 is 0. The van der Waals surface area contributed by atoms with Gasteiger partial charge in [-0.15, -0.1) is 0 Å². The van der Waals surface area contributed by atoms with Gasteiger partial charge < -0.3 is 5.32 Å². The number of hydrogen-bond acceptors (Lipinski definition) is 2. The van der Waals surface area contributed by atoms with Crippen molar-refractivity contribution >= 4 is 11.8 Å². The highest BCUT2D eigenvalue weighted by atomic mass is 32.2. The van der Waals surface area contributed by atoms with Crippen molar-refractivity contribution in [2.45, 2.75) is 57.2 Å². The summed E-state index contributed by atoms with van der Waals surface area (Å²) in [6, 6.07) is 7.58. The van der Waals surface area contributed by atoms with Gasteiger partial charge in [-0.05, 0) is 68.5 Å². The Morgan fingerprint density at radius 1 is 1.16 bits per heavy atom. The van der Waals surface area contributed by atoms with Gasteiger partial charge in [-0.1, -0.05) is 25.1 Å². The fourth-order valence-electron chi connectivity index (χ4n) is 2.76. The minimum absolute atomic E-state index is 0.473. The number of fused-ring (bicyclic) bond motifs is 1. The third-order valence-corrected chi connectivity index (χ3v) is 5.32. The van der Waals surface area contributed by atoms with Crippen LogP contribution >= 0.6 is 11.8 Å². The topological polar surface area (TPSA) is 12.0 Å². The van der Waals surface area contributed by atoms with Crippen LogP contribution in [0, 0.1) is 0 Å². The molecule has 2 atom stereocenters. The third-order valence-electron chi connectivity index (χ3n) is 4.28. The average molecular weight is 277 g/mol. The van der Waals surface area contributed by atoms with E-state index in [0.29, 0.717) is 6.04 Å². The molecule has 19 heavy (non-hydrogen) atoms. The fourth-order valence-corrected chi connectivity index (χ4v) is 3.12. The molecular formula is C17H27NS. The molecular weight excluding hydrogens is 250 g/mol. The predicted octanol–water partition coefficient (Wildman–Crippen LogP) is 4.36. The summed E-state index contributed by atoms with van der Waals surface area (Å²) in [5, 5.41) is 4.41. The van der Waals surface area contributed by atoms with Gasteiger partial charge in [0.05, 0.1) is 0 Å². The summed E-state index contributed by atoms with van der Waals surface area (Å²) in [4.78, 5) is 0. The van der Waals surface area contributed by atoms with Crippen LogP contribution in [0.5, 0.6) is 0 Å². The van der Waals surface area contributed by atoms with E-state index in [9.17, 15) is 0 Å². The van der Waals surface area contributed by atoms with Gasteiger partial charge in [-0.25, -0.2) is 0 Å². The van der Waals surface area contributed by atoms with Gasteiger partial charge in [0, 0.05) is 11.3 Å². The van der Waals surface area contributed by atoms with Crippen molar-refractivity contribution in [2.75, 3.05) is 12.8 Å². The maximum absolute atomic E-state index is 3.66. The second-order valence-corrected chi connectivity index (χ2v) is 7.02. The Kier molecular flexibility index (Phi) is 5.77. The van der Waals surface area contributed by atoms with Gasteiger partial charge >= 0.3 is 0 Å². The largest absolute Gasteiger partial charge is 0.310 e. The van der Waals surface area contributed by atoms with Crippen LogP contribution in [0.3, 0.4) is 0 Å². The Morgan fingerprint density at radius 3 is 2.63 bits per heavy atom. The van der Waals surface area contributed by atoms with Gasteiger partial charge in [0.1, 0.15) is 0 Å².